The van der Waals surface area contributed by atoms with Crippen molar-refractivity contribution in [1.29, 1.82) is 0 Å². The summed E-state index contributed by atoms with van der Waals surface area (Å²) in [5.74, 6) is 0. The first-order valence-electron chi connectivity index (χ1n) is 5.79. The van der Waals surface area contributed by atoms with Crippen LogP contribution in [0.2, 0.25) is 0 Å². The summed E-state index contributed by atoms with van der Waals surface area (Å²) in [5, 5.41) is 3.52. The van der Waals surface area contributed by atoms with Crippen molar-refractivity contribution in [3.63, 3.8) is 0 Å². The van der Waals surface area contributed by atoms with Gasteiger partial charge in [-0.2, -0.15) is 0 Å². The van der Waals surface area contributed by atoms with Crippen LogP contribution in [-0.4, -0.2) is 12.6 Å². The molecule has 1 fully saturated rings. The number of allylic oxidation sites excluding steroid dienone is 4. The van der Waals surface area contributed by atoms with Crippen LogP contribution in [0.15, 0.2) is 41.7 Å². The Morgan fingerprint density at radius 1 is 1.47 bits per heavy atom. The third-order valence-corrected chi connectivity index (χ3v) is 2.59. The van der Waals surface area contributed by atoms with Crippen LogP contribution in [0.5, 0.6) is 0 Å². The normalized spacial score (nSPS) is 21.7. The molecular formula is C14H21N. The van der Waals surface area contributed by atoms with Crippen LogP contribution >= 0.6 is 0 Å². The highest BCUT2D eigenvalue weighted by Gasteiger charge is 2.13. The fourth-order valence-electron chi connectivity index (χ4n) is 1.87. The van der Waals surface area contributed by atoms with Gasteiger partial charge in [-0.15, -0.1) is 5.73 Å². The highest BCUT2D eigenvalue weighted by Crippen LogP contribution is 2.15. The second-order valence-corrected chi connectivity index (χ2v) is 3.86. The lowest BCUT2D eigenvalue weighted by Crippen LogP contribution is -2.21. The lowest BCUT2D eigenvalue weighted by Gasteiger charge is -2.09. The molecule has 0 saturated carbocycles. The molecule has 0 bridgehead atoms. The molecular weight excluding hydrogens is 182 g/mol. The molecule has 1 nitrogen and oxygen atoms in total. The fraction of sp³-hybridized carbons (Fsp3) is 0.500. The summed E-state index contributed by atoms with van der Waals surface area (Å²) >= 11 is 0. The predicted molar refractivity (Wildman–Crippen MR) is 66.9 cm³/mol. The first-order valence-corrected chi connectivity index (χ1v) is 5.79. The molecule has 0 spiro atoms. The maximum atomic E-state index is 3.52. The van der Waals surface area contributed by atoms with E-state index in [2.05, 4.69) is 36.2 Å². The number of nitrogens with one attached hydrogen (secondary N) is 1. The molecule has 0 radical (unpaired) electrons. The molecule has 1 heterocycles. The van der Waals surface area contributed by atoms with Crippen molar-refractivity contribution in [3.8, 4) is 0 Å². The van der Waals surface area contributed by atoms with Gasteiger partial charge in [0.2, 0.25) is 0 Å². The Morgan fingerprint density at radius 2 is 2.33 bits per heavy atom. The van der Waals surface area contributed by atoms with Crippen LogP contribution in [0.4, 0.5) is 0 Å². The van der Waals surface area contributed by atoms with E-state index >= 15 is 0 Å². The van der Waals surface area contributed by atoms with E-state index in [1.54, 1.807) is 0 Å². The molecule has 0 aliphatic carbocycles. The molecule has 1 atom stereocenters. The van der Waals surface area contributed by atoms with Crippen molar-refractivity contribution < 1.29 is 0 Å². The first kappa shape index (κ1) is 12.0. The van der Waals surface area contributed by atoms with Crippen molar-refractivity contribution in [2.75, 3.05) is 6.54 Å². The highest BCUT2D eigenvalue weighted by molar-refractivity contribution is 5.24. The predicted octanol–water partition coefficient (Wildman–Crippen LogP) is 3.36. The van der Waals surface area contributed by atoms with Gasteiger partial charge in [0.05, 0.1) is 0 Å². The zero-order valence-corrected chi connectivity index (χ0v) is 9.79. The summed E-state index contributed by atoms with van der Waals surface area (Å²) in [4.78, 5) is 0. The van der Waals surface area contributed by atoms with Crippen molar-refractivity contribution in [2.45, 2.75) is 39.2 Å². The first-order chi connectivity index (χ1) is 7.36. The van der Waals surface area contributed by atoms with E-state index in [4.69, 9.17) is 0 Å². The summed E-state index contributed by atoms with van der Waals surface area (Å²) in [6, 6.07) is 0.673. The van der Waals surface area contributed by atoms with Gasteiger partial charge in [-0.1, -0.05) is 18.2 Å². The second-order valence-electron chi connectivity index (χ2n) is 3.86. The molecule has 1 heteroatoms. The maximum Gasteiger partial charge on any atom is 0.0108 e. The lowest BCUT2D eigenvalue weighted by atomic mass is 10.0. The molecule has 1 saturated heterocycles. The Morgan fingerprint density at radius 3 is 2.93 bits per heavy atom. The quantitative estimate of drug-likeness (QED) is 0.545. The Labute approximate surface area is 93.3 Å². The Hall–Kier alpha value is -1.04. The van der Waals surface area contributed by atoms with E-state index in [1.807, 2.05) is 19.1 Å². The van der Waals surface area contributed by atoms with Crippen molar-refractivity contribution in [1.82, 2.24) is 5.32 Å². The van der Waals surface area contributed by atoms with Crippen LogP contribution in [-0.2, 0) is 0 Å². The molecule has 0 unspecified atom stereocenters. The van der Waals surface area contributed by atoms with Crippen LogP contribution in [0, 0.1) is 0 Å². The Bertz CT molecular complexity index is 284. The van der Waals surface area contributed by atoms with Crippen molar-refractivity contribution in [3.05, 3.63) is 41.7 Å². The van der Waals surface area contributed by atoms with Crippen LogP contribution in [0.1, 0.15) is 33.1 Å². The number of rotatable bonds is 4. The molecule has 0 aromatic carbocycles. The molecule has 15 heavy (non-hydrogen) atoms. The van der Waals surface area contributed by atoms with Crippen molar-refractivity contribution in [2.24, 2.45) is 0 Å². The van der Waals surface area contributed by atoms with Gasteiger partial charge >= 0.3 is 0 Å². The smallest absolute Gasteiger partial charge is 0.0108 e. The van der Waals surface area contributed by atoms with E-state index in [0.29, 0.717) is 6.04 Å². The zero-order valence-electron chi connectivity index (χ0n) is 9.79. The van der Waals surface area contributed by atoms with E-state index in [0.717, 1.165) is 6.42 Å². The summed E-state index contributed by atoms with van der Waals surface area (Å²) in [6.45, 7) is 5.23. The maximum absolute atomic E-state index is 3.52. The zero-order chi connectivity index (χ0) is 10.9. The molecule has 1 rings (SSSR count). The third-order valence-electron chi connectivity index (χ3n) is 2.59. The Balaban J connectivity index is 2.56. The highest BCUT2D eigenvalue weighted by atomic mass is 14.9. The summed E-state index contributed by atoms with van der Waals surface area (Å²) in [6.07, 6.45) is 14.1. The third kappa shape index (κ3) is 4.83. The molecule has 0 aromatic heterocycles. The topological polar surface area (TPSA) is 12.0 Å². The van der Waals surface area contributed by atoms with Crippen LogP contribution in [0.3, 0.4) is 0 Å². The van der Waals surface area contributed by atoms with Crippen molar-refractivity contribution >= 4 is 0 Å². The summed E-state index contributed by atoms with van der Waals surface area (Å²) < 4.78 is 0. The summed E-state index contributed by atoms with van der Waals surface area (Å²) in [5.41, 5.74) is 4.46. The van der Waals surface area contributed by atoms with E-state index in [-0.39, 0.29) is 0 Å². The van der Waals surface area contributed by atoms with Crippen LogP contribution < -0.4 is 5.32 Å². The van der Waals surface area contributed by atoms with E-state index < -0.39 is 0 Å². The molecule has 1 aliphatic heterocycles. The van der Waals surface area contributed by atoms with Gasteiger partial charge in [-0.05, 0) is 57.4 Å². The van der Waals surface area contributed by atoms with Gasteiger partial charge < -0.3 is 5.32 Å². The van der Waals surface area contributed by atoms with E-state index in [1.165, 1.54) is 25.0 Å². The SMILES string of the molecule is CC=C=C/C=C(\C=C/C)C[C@@H]1CCCN1. The summed E-state index contributed by atoms with van der Waals surface area (Å²) in [7, 11) is 0. The molecule has 82 valence electrons. The van der Waals surface area contributed by atoms with Gasteiger partial charge in [0.1, 0.15) is 0 Å². The molecule has 1 aliphatic rings. The Kier molecular flexibility index (Phi) is 5.84. The standard InChI is InChI=1S/C14H21N/c1-3-5-6-9-13(8-4-2)12-14-10-7-11-15-14/h3-4,6,8-9,14-15H,7,10-12H2,1-2H3/b8-4-,13-9+/t5?,14-/m0/s1. The monoisotopic (exact) mass is 203 g/mol. The minimum absolute atomic E-state index is 0.673. The molecule has 0 amide bonds. The fourth-order valence-corrected chi connectivity index (χ4v) is 1.87. The van der Waals surface area contributed by atoms with Gasteiger partial charge in [-0.25, -0.2) is 0 Å². The molecule has 0 aromatic rings. The van der Waals surface area contributed by atoms with Gasteiger partial charge in [0.15, 0.2) is 0 Å². The minimum Gasteiger partial charge on any atom is -0.314 e. The number of hydrogen-bond donors (Lipinski definition) is 1. The second kappa shape index (κ2) is 7.28. The van der Waals surface area contributed by atoms with Gasteiger partial charge in [0.25, 0.3) is 0 Å². The average Bonchev–Trinajstić information content (AvgIpc) is 2.71. The largest absolute Gasteiger partial charge is 0.314 e. The minimum atomic E-state index is 0.673. The number of hydrogen-bond acceptors (Lipinski definition) is 1. The average molecular weight is 203 g/mol. The van der Waals surface area contributed by atoms with Gasteiger partial charge in [-0.3, -0.25) is 0 Å². The van der Waals surface area contributed by atoms with Crippen LogP contribution in [0.25, 0.3) is 0 Å². The lowest BCUT2D eigenvalue weighted by molar-refractivity contribution is 0.605. The van der Waals surface area contributed by atoms with E-state index in [9.17, 15) is 0 Å². The van der Waals surface area contributed by atoms with Gasteiger partial charge in [0, 0.05) is 6.04 Å². The molecule has 1 N–H and O–H groups in total.